The molecule has 0 fully saturated rings. The van der Waals surface area contributed by atoms with Crippen LogP contribution in [-0.2, 0) is 19.6 Å². The summed E-state index contributed by atoms with van der Waals surface area (Å²) in [6, 6.07) is 19.9. The van der Waals surface area contributed by atoms with Gasteiger partial charge in [-0.2, -0.15) is 5.10 Å². The van der Waals surface area contributed by atoms with Gasteiger partial charge in [0, 0.05) is 19.6 Å². The third-order valence-electron chi connectivity index (χ3n) is 5.32. The van der Waals surface area contributed by atoms with Gasteiger partial charge >= 0.3 is 0 Å². The number of aliphatic hydroxyl groups excluding tert-OH is 1. The molecule has 2 N–H and O–H groups in total. The van der Waals surface area contributed by atoms with E-state index in [1.54, 1.807) is 0 Å². The molecule has 0 spiro atoms. The highest BCUT2D eigenvalue weighted by Gasteiger charge is 2.21. The molecule has 1 atom stereocenters. The molecule has 0 unspecified atom stereocenters. The van der Waals surface area contributed by atoms with Crippen molar-refractivity contribution in [3.8, 4) is 0 Å². The fourth-order valence-corrected chi connectivity index (χ4v) is 3.92. The summed E-state index contributed by atoms with van der Waals surface area (Å²) in [6.07, 6.45) is 0.333. The predicted octanol–water partition coefficient (Wildman–Crippen LogP) is 3.25. The molecule has 1 aliphatic rings. The van der Waals surface area contributed by atoms with E-state index in [1.165, 1.54) is 0 Å². The van der Waals surface area contributed by atoms with Crippen LogP contribution in [0.5, 0.6) is 0 Å². The Hall–Kier alpha value is -2.96. The smallest absolute Gasteiger partial charge is 0.123 e. The minimum absolute atomic E-state index is 0.690. The quantitative estimate of drug-likeness (QED) is 0.576. The summed E-state index contributed by atoms with van der Waals surface area (Å²) in [7, 11) is 0. The molecule has 0 saturated carbocycles. The Morgan fingerprint density at radius 2 is 1.86 bits per heavy atom. The van der Waals surface area contributed by atoms with Crippen LogP contribution in [0.4, 0.5) is 0 Å². The molecule has 0 radical (unpaired) electrons. The number of imidazole rings is 1. The topological polar surface area (TPSA) is 70.0 Å². The Kier molecular flexibility index (Phi) is 4.43. The van der Waals surface area contributed by atoms with Crippen LogP contribution in [0.1, 0.15) is 35.3 Å². The number of para-hydroxylation sites is 2. The van der Waals surface area contributed by atoms with Gasteiger partial charge in [-0.25, -0.2) is 4.98 Å². The number of fused-ring (bicyclic) bond motifs is 2. The zero-order valence-electron chi connectivity index (χ0n) is 15.6. The molecule has 0 aliphatic carbocycles. The molecule has 2 aromatic carbocycles. The molecule has 28 heavy (non-hydrogen) atoms. The Bertz CT molecular complexity index is 1050. The van der Waals surface area contributed by atoms with Gasteiger partial charge in [-0.1, -0.05) is 42.5 Å². The van der Waals surface area contributed by atoms with Crippen molar-refractivity contribution in [2.24, 2.45) is 0 Å². The number of hydrogen-bond donors (Lipinski definition) is 2. The molecule has 3 heterocycles. The number of H-pyrrole nitrogens is 1. The molecule has 6 heteroatoms. The van der Waals surface area contributed by atoms with Crippen LogP contribution < -0.4 is 0 Å². The summed E-state index contributed by atoms with van der Waals surface area (Å²) in [4.78, 5) is 10.5. The molecule has 1 aliphatic heterocycles. The summed E-state index contributed by atoms with van der Waals surface area (Å²) in [5.74, 6) is 0.985. The van der Waals surface area contributed by atoms with Crippen LogP contribution in [0.25, 0.3) is 11.0 Å². The number of nitrogens with one attached hydrogen (secondary N) is 1. The van der Waals surface area contributed by atoms with E-state index in [1.807, 2.05) is 59.3 Å². The second-order valence-electron chi connectivity index (χ2n) is 7.36. The van der Waals surface area contributed by atoms with Crippen molar-refractivity contribution in [3.05, 3.63) is 83.4 Å². The number of aromatic nitrogens is 4. The fraction of sp³-hybridized carbons (Fsp3) is 0.273. The van der Waals surface area contributed by atoms with Gasteiger partial charge in [-0.15, -0.1) is 0 Å². The maximum absolute atomic E-state index is 10.7. The Balaban J connectivity index is 1.35. The fourth-order valence-electron chi connectivity index (χ4n) is 3.92. The lowest BCUT2D eigenvalue weighted by Gasteiger charge is -2.17. The van der Waals surface area contributed by atoms with Crippen molar-refractivity contribution in [1.82, 2.24) is 24.6 Å². The van der Waals surface area contributed by atoms with E-state index in [9.17, 15) is 5.11 Å². The average molecular weight is 373 g/mol. The van der Waals surface area contributed by atoms with E-state index in [2.05, 4.69) is 21.0 Å². The van der Waals surface area contributed by atoms with Crippen LogP contribution in [0.2, 0.25) is 0 Å². The van der Waals surface area contributed by atoms with Gasteiger partial charge in [0.2, 0.25) is 0 Å². The minimum atomic E-state index is -0.690. The molecule has 2 aromatic heterocycles. The molecular formula is C22H23N5O. The first-order valence-electron chi connectivity index (χ1n) is 9.72. The van der Waals surface area contributed by atoms with E-state index in [-0.39, 0.29) is 0 Å². The van der Waals surface area contributed by atoms with Gasteiger partial charge in [0.1, 0.15) is 11.9 Å². The van der Waals surface area contributed by atoms with Gasteiger partial charge in [-0.3, -0.25) is 9.58 Å². The second kappa shape index (κ2) is 7.22. The standard InChI is InChI=1S/C22H23N5O/c28-22(16-7-2-1-3-8-16)20-13-17-14-26(11-6-12-27(17)25-20)15-21-23-18-9-4-5-10-19(18)24-21/h1-5,7-10,13,22,28H,6,11-12,14-15H2,(H,23,24)/t22-/m0/s1. The highest BCUT2D eigenvalue weighted by molar-refractivity contribution is 5.74. The molecule has 0 amide bonds. The lowest BCUT2D eigenvalue weighted by molar-refractivity contribution is 0.213. The normalized spacial score (nSPS) is 16.0. The molecular weight excluding hydrogens is 350 g/mol. The third-order valence-corrected chi connectivity index (χ3v) is 5.32. The van der Waals surface area contributed by atoms with Gasteiger partial charge < -0.3 is 10.1 Å². The van der Waals surface area contributed by atoms with E-state index in [0.717, 1.165) is 60.7 Å². The Morgan fingerprint density at radius 3 is 2.71 bits per heavy atom. The molecule has 4 aromatic rings. The largest absolute Gasteiger partial charge is 0.382 e. The monoisotopic (exact) mass is 373 g/mol. The van der Waals surface area contributed by atoms with Gasteiger partial charge in [0.05, 0.1) is 29.0 Å². The summed E-state index contributed by atoms with van der Waals surface area (Å²) in [6.45, 7) is 3.44. The van der Waals surface area contributed by atoms with Gasteiger partial charge in [0.15, 0.2) is 0 Å². The first-order valence-corrected chi connectivity index (χ1v) is 9.72. The Labute approximate surface area is 163 Å². The highest BCUT2D eigenvalue weighted by Crippen LogP contribution is 2.24. The van der Waals surface area contributed by atoms with Crippen molar-refractivity contribution in [2.45, 2.75) is 32.2 Å². The minimum Gasteiger partial charge on any atom is -0.382 e. The van der Waals surface area contributed by atoms with E-state index in [4.69, 9.17) is 4.98 Å². The molecule has 5 rings (SSSR count). The summed E-state index contributed by atoms with van der Waals surface area (Å²) in [5, 5.41) is 15.4. The van der Waals surface area contributed by atoms with Gasteiger partial charge in [0.25, 0.3) is 0 Å². The predicted molar refractivity (Wildman–Crippen MR) is 108 cm³/mol. The number of aryl methyl sites for hydroxylation is 1. The van der Waals surface area contributed by atoms with E-state index in [0.29, 0.717) is 5.69 Å². The average Bonchev–Trinajstić information content (AvgIpc) is 3.26. The van der Waals surface area contributed by atoms with Crippen molar-refractivity contribution in [3.63, 3.8) is 0 Å². The SMILES string of the molecule is O[C@@H](c1ccccc1)c1cc2n(n1)CCCN(Cc1nc3ccccc3[nH]1)C2. The first-order chi connectivity index (χ1) is 13.8. The lowest BCUT2D eigenvalue weighted by atomic mass is 10.1. The first kappa shape index (κ1) is 17.2. The number of rotatable bonds is 4. The zero-order valence-corrected chi connectivity index (χ0v) is 15.6. The van der Waals surface area contributed by atoms with Crippen LogP contribution in [0, 0.1) is 0 Å². The van der Waals surface area contributed by atoms with Crippen molar-refractivity contribution in [1.29, 1.82) is 0 Å². The Morgan fingerprint density at radius 1 is 1.04 bits per heavy atom. The van der Waals surface area contributed by atoms with Crippen LogP contribution in [0.15, 0.2) is 60.7 Å². The highest BCUT2D eigenvalue weighted by atomic mass is 16.3. The molecule has 6 nitrogen and oxygen atoms in total. The van der Waals surface area contributed by atoms with Crippen LogP contribution in [0.3, 0.4) is 0 Å². The molecule has 0 saturated heterocycles. The summed E-state index contributed by atoms with van der Waals surface area (Å²) in [5.41, 5.74) is 4.80. The second-order valence-corrected chi connectivity index (χ2v) is 7.36. The van der Waals surface area contributed by atoms with Crippen molar-refractivity contribution < 1.29 is 5.11 Å². The summed E-state index contributed by atoms with van der Waals surface area (Å²) >= 11 is 0. The maximum Gasteiger partial charge on any atom is 0.123 e. The maximum atomic E-state index is 10.7. The molecule has 142 valence electrons. The number of aliphatic hydroxyl groups is 1. The van der Waals surface area contributed by atoms with E-state index >= 15 is 0 Å². The van der Waals surface area contributed by atoms with E-state index < -0.39 is 6.10 Å². The number of nitrogens with zero attached hydrogens (tertiary/aromatic N) is 4. The summed E-state index contributed by atoms with van der Waals surface area (Å²) < 4.78 is 2.04. The zero-order chi connectivity index (χ0) is 18.9. The van der Waals surface area contributed by atoms with Crippen LogP contribution >= 0.6 is 0 Å². The van der Waals surface area contributed by atoms with Crippen LogP contribution in [-0.4, -0.2) is 36.3 Å². The van der Waals surface area contributed by atoms with Crippen molar-refractivity contribution >= 4 is 11.0 Å². The molecule has 0 bridgehead atoms. The number of hydrogen-bond acceptors (Lipinski definition) is 4. The van der Waals surface area contributed by atoms with Crippen molar-refractivity contribution in [2.75, 3.05) is 6.54 Å². The lowest BCUT2D eigenvalue weighted by Crippen LogP contribution is -2.23. The van der Waals surface area contributed by atoms with Gasteiger partial charge in [-0.05, 0) is 30.2 Å². The number of benzene rings is 2. The third kappa shape index (κ3) is 3.32. The number of aromatic amines is 1.